The topological polar surface area (TPSA) is 101 Å². The Kier molecular flexibility index (Phi) is 5.99. The molecular weight excluding hydrogens is 432 g/mol. The lowest BCUT2D eigenvalue weighted by molar-refractivity contribution is -0.120. The van der Waals surface area contributed by atoms with E-state index in [0.29, 0.717) is 3.95 Å². The summed E-state index contributed by atoms with van der Waals surface area (Å²) in [6.07, 6.45) is -0.819. The van der Waals surface area contributed by atoms with Crippen LogP contribution in [-0.2, 0) is 9.53 Å². The Hall–Kier alpha value is -2.88. The Morgan fingerprint density at radius 1 is 1.16 bits per heavy atom. The van der Waals surface area contributed by atoms with Crippen molar-refractivity contribution in [1.82, 2.24) is 10.2 Å². The Balaban J connectivity index is 1.60. The number of H-pyrrole nitrogens is 1. The highest BCUT2D eigenvalue weighted by atomic mass is 32.1. The molecule has 4 rings (SSSR count). The van der Waals surface area contributed by atoms with E-state index in [0.717, 1.165) is 38.5 Å². The number of carbonyl (C=O) groups is 2. The van der Waals surface area contributed by atoms with Crippen LogP contribution in [0.25, 0.3) is 11.1 Å². The zero-order chi connectivity index (χ0) is 22.1. The number of ether oxygens (including phenoxy) is 1. The molecule has 2 aromatic carbocycles. The number of anilines is 1. The van der Waals surface area contributed by atoms with Gasteiger partial charge in [0.05, 0.1) is 6.04 Å². The first-order valence-corrected chi connectivity index (χ1v) is 11.1. The second kappa shape index (κ2) is 8.70. The smallest absolute Gasteiger partial charge is 0.423 e. The number of nitrogens with zero attached hydrogens (tertiary/aromatic N) is 2. The second-order valence-corrected chi connectivity index (χ2v) is 9.29. The normalized spacial score (nSPS) is 13.5. The fraction of sp³-hybridized carbons (Fsp3) is 0.273. The molecule has 1 aromatic heterocycles. The van der Waals surface area contributed by atoms with Crippen molar-refractivity contribution in [3.63, 3.8) is 0 Å². The van der Waals surface area contributed by atoms with Gasteiger partial charge in [-0.05, 0) is 40.4 Å². The van der Waals surface area contributed by atoms with E-state index in [9.17, 15) is 9.59 Å². The van der Waals surface area contributed by atoms with Gasteiger partial charge in [0.25, 0.3) is 5.91 Å². The summed E-state index contributed by atoms with van der Waals surface area (Å²) in [7, 11) is 0. The van der Waals surface area contributed by atoms with Crippen LogP contribution in [0.5, 0.6) is 0 Å². The Morgan fingerprint density at radius 2 is 1.74 bits per heavy atom. The van der Waals surface area contributed by atoms with Crippen LogP contribution >= 0.6 is 23.6 Å². The fourth-order valence-electron chi connectivity index (χ4n) is 3.67. The lowest BCUT2D eigenvalue weighted by Crippen LogP contribution is -2.49. The quantitative estimate of drug-likeness (QED) is 0.552. The molecule has 7 nitrogen and oxygen atoms in total. The average Bonchev–Trinajstić information content (AvgIpc) is 3.33. The number of aromatic amines is 1. The van der Waals surface area contributed by atoms with Crippen molar-refractivity contribution < 1.29 is 14.3 Å². The van der Waals surface area contributed by atoms with E-state index < -0.39 is 18.0 Å². The van der Waals surface area contributed by atoms with Gasteiger partial charge in [-0.2, -0.15) is 4.90 Å². The molecular formula is C22H22N4O3S2. The third-order valence-electron chi connectivity index (χ3n) is 5.36. The lowest BCUT2D eigenvalue weighted by atomic mass is 9.98. The standard InChI is InChI=1S/C22H22N4O3S2/c1-12(2)18(23)19(27)26(20-24-25-21(30)31-20)22(28)29-11-17-15-9-5-3-7-13(15)14-8-4-6-10-16(14)17/h3-10,12,17-18H,11,23H2,1-2H3,(H,25,30)/t18-/m0/s1. The maximum atomic E-state index is 13.0. The van der Waals surface area contributed by atoms with Crippen molar-refractivity contribution in [3.8, 4) is 11.1 Å². The van der Waals surface area contributed by atoms with E-state index in [2.05, 4.69) is 22.3 Å². The fourth-order valence-corrected chi connectivity index (χ4v) is 4.55. The molecule has 1 heterocycles. The van der Waals surface area contributed by atoms with Gasteiger partial charge in [0.2, 0.25) is 5.13 Å². The Morgan fingerprint density at radius 3 is 2.26 bits per heavy atom. The summed E-state index contributed by atoms with van der Waals surface area (Å²) in [5, 5.41) is 6.69. The molecule has 0 unspecified atom stereocenters. The van der Waals surface area contributed by atoms with Gasteiger partial charge in [-0.25, -0.2) is 4.79 Å². The summed E-state index contributed by atoms with van der Waals surface area (Å²) in [6.45, 7) is 3.71. The number of nitrogens with two attached hydrogens (primary N) is 1. The maximum absolute atomic E-state index is 13.0. The first kappa shape index (κ1) is 21.4. The predicted octanol–water partition coefficient (Wildman–Crippen LogP) is 4.47. The molecule has 160 valence electrons. The first-order valence-electron chi connectivity index (χ1n) is 9.88. The van der Waals surface area contributed by atoms with E-state index in [1.54, 1.807) is 0 Å². The van der Waals surface area contributed by atoms with Crippen LogP contribution in [0.15, 0.2) is 48.5 Å². The number of aromatic nitrogens is 2. The summed E-state index contributed by atoms with van der Waals surface area (Å²) in [5.41, 5.74) is 10.5. The Bertz CT molecular complexity index is 1140. The summed E-state index contributed by atoms with van der Waals surface area (Å²) in [5.74, 6) is -0.863. The van der Waals surface area contributed by atoms with Crippen LogP contribution in [0.2, 0.25) is 0 Å². The molecule has 0 bridgehead atoms. The van der Waals surface area contributed by atoms with Crippen LogP contribution in [0.3, 0.4) is 0 Å². The van der Waals surface area contributed by atoms with E-state index >= 15 is 0 Å². The van der Waals surface area contributed by atoms with Gasteiger partial charge < -0.3 is 10.5 Å². The highest BCUT2D eigenvalue weighted by Crippen LogP contribution is 2.44. The maximum Gasteiger partial charge on any atom is 0.423 e. The molecule has 0 aliphatic heterocycles. The highest BCUT2D eigenvalue weighted by molar-refractivity contribution is 7.73. The molecule has 3 N–H and O–H groups in total. The van der Waals surface area contributed by atoms with Gasteiger partial charge in [-0.3, -0.25) is 9.89 Å². The third-order valence-corrected chi connectivity index (χ3v) is 6.43. The van der Waals surface area contributed by atoms with Crippen molar-refractivity contribution in [2.75, 3.05) is 11.5 Å². The van der Waals surface area contributed by atoms with Gasteiger partial charge in [0, 0.05) is 5.92 Å². The summed E-state index contributed by atoms with van der Waals surface area (Å²) in [6, 6.07) is 15.2. The van der Waals surface area contributed by atoms with Gasteiger partial charge >= 0.3 is 6.09 Å². The predicted molar refractivity (Wildman–Crippen MR) is 123 cm³/mol. The number of hydrogen-bond donors (Lipinski definition) is 2. The molecule has 1 atom stereocenters. The van der Waals surface area contributed by atoms with E-state index in [4.69, 9.17) is 22.7 Å². The molecule has 0 saturated carbocycles. The monoisotopic (exact) mass is 454 g/mol. The minimum absolute atomic E-state index is 0.0867. The van der Waals surface area contributed by atoms with Crippen molar-refractivity contribution in [2.45, 2.75) is 25.8 Å². The average molecular weight is 455 g/mol. The number of rotatable bonds is 5. The minimum atomic E-state index is -0.877. The molecule has 0 spiro atoms. The van der Waals surface area contributed by atoms with Gasteiger partial charge in [-0.15, -0.1) is 5.10 Å². The van der Waals surface area contributed by atoms with Crippen LogP contribution in [-0.4, -0.2) is 34.8 Å². The van der Waals surface area contributed by atoms with Gasteiger partial charge in [-0.1, -0.05) is 73.7 Å². The van der Waals surface area contributed by atoms with Gasteiger partial charge in [0.15, 0.2) is 3.95 Å². The molecule has 0 fully saturated rings. The number of imide groups is 1. The largest absolute Gasteiger partial charge is 0.448 e. The molecule has 2 amide bonds. The van der Waals surface area contributed by atoms with Crippen LogP contribution < -0.4 is 10.6 Å². The zero-order valence-corrected chi connectivity index (χ0v) is 18.7. The molecule has 3 aromatic rings. The molecule has 9 heteroatoms. The number of carbonyl (C=O) groups excluding carboxylic acids is 2. The van der Waals surface area contributed by atoms with E-state index in [1.165, 1.54) is 0 Å². The molecule has 1 aliphatic carbocycles. The molecule has 31 heavy (non-hydrogen) atoms. The van der Waals surface area contributed by atoms with Crippen molar-refractivity contribution in [1.29, 1.82) is 0 Å². The number of amides is 2. The van der Waals surface area contributed by atoms with Crippen LogP contribution in [0, 0.1) is 9.87 Å². The van der Waals surface area contributed by atoms with Gasteiger partial charge in [0.1, 0.15) is 6.61 Å². The first-order chi connectivity index (χ1) is 14.9. The lowest BCUT2D eigenvalue weighted by Gasteiger charge is -2.23. The van der Waals surface area contributed by atoms with E-state index in [-0.39, 0.29) is 23.6 Å². The number of benzene rings is 2. The number of hydrogen-bond acceptors (Lipinski definition) is 7. The molecule has 1 aliphatic rings. The summed E-state index contributed by atoms with van der Waals surface area (Å²) < 4.78 is 5.99. The highest BCUT2D eigenvalue weighted by Gasteiger charge is 2.35. The molecule has 0 radical (unpaired) electrons. The summed E-state index contributed by atoms with van der Waals surface area (Å²) in [4.78, 5) is 26.9. The van der Waals surface area contributed by atoms with Crippen LogP contribution in [0.1, 0.15) is 30.9 Å². The second-order valence-electron chi connectivity index (χ2n) is 7.64. The third kappa shape index (κ3) is 4.04. The zero-order valence-electron chi connectivity index (χ0n) is 17.1. The van der Waals surface area contributed by atoms with Crippen molar-refractivity contribution in [3.05, 3.63) is 63.6 Å². The Labute approximate surface area is 188 Å². The van der Waals surface area contributed by atoms with Crippen LogP contribution in [0.4, 0.5) is 9.93 Å². The van der Waals surface area contributed by atoms with Crippen molar-refractivity contribution in [2.24, 2.45) is 11.7 Å². The number of fused-ring (bicyclic) bond motifs is 3. The minimum Gasteiger partial charge on any atom is -0.448 e. The SMILES string of the molecule is CC(C)[C@H](N)C(=O)N(C(=O)OCC1c2ccccc2-c2ccccc21)c1n[nH]c(=S)s1. The molecule has 0 saturated heterocycles. The summed E-state index contributed by atoms with van der Waals surface area (Å²) >= 11 is 6.07. The van der Waals surface area contributed by atoms with E-state index in [1.807, 2.05) is 50.2 Å². The van der Waals surface area contributed by atoms with Crippen molar-refractivity contribution >= 4 is 40.7 Å². The number of nitrogens with one attached hydrogen (secondary N) is 1.